The van der Waals surface area contributed by atoms with Crippen LogP contribution in [0.4, 0.5) is 11.5 Å². The van der Waals surface area contributed by atoms with Gasteiger partial charge in [-0.05, 0) is 32.3 Å². The van der Waals surface area contributed by atoms with E-state index in [-0.39, 0.29) is 11.6 Å². The van der Waals surface area contributed by atoms with Crippen molar-refractivity contribution in [1.82, 2.24) is 9.78 Å². The zero-order chi connectivity index (χ0) is 15.9. The van der Waals surface area contributed by atoms with E-state index in [0.717, 1.165) is 30.5 Å². The van der Waals surface area contributed by atoms with Gasteiger partial charge in [0.1, 0.15) is 5.82 Å². The Balaban J connectivity index is 1.93. The SMILES string of the molecule is Cc1c(C(=O)Nc2c3c(nn2C)CCC3)cccc1[N+](=O)[O-]. The molecule has 1 heterocycles. The van der Waals surface area contributed by atoms with Crippen LogP contribution in [0.3, 0.4) is 0 Å². The highest BCUT2D eigenvalue weighted by Crippen LogP contribution is 2.29. The predicted octanol–water partition coefficient (Wildman–Crippen LogP) is 2.38. The maximum absolute atomic E-state index is 12.5. The van der Waals surface area contributed by atoms with Crippen LogP contribution in [-0.2, 0) is 19.9 Å². The Morgan fingerprint density at radius 2 is 2.18 bits per heavy atom. The Morgan fingerprint density at radius 1 is 1.41 bits per heavy atom. The third-order valence-corrected chi connectivity index (χ3v) is 4.05. The number of nitrogens with one attached hydrogen (secondary N) is 1. The fraction of sp³-hybridized carbons (Fsp3) is 0.333. The fourth-order valence-electron chi connectivity index (χ4n) is 2.92. The Labute approximate surface area is 127 Å². The molecule has 1 aliphatic carbocycles. The van der Waals surface area contributed by atoms with E-state index in [1.807, 2.05) is 0 Å². The normalized spacial score (nSPS) is 13.0. The van der Waals surface area contributed by atoms with Gasteiger partial charge < -0.3 is 5.32 Å². The van der Waals surface area contributed by atoms with Gasteiger partial charge in [-0.3, -0.25) is 19.6 Å². The monoisotopic (exact) mass is 300 g/mol. The zero-order valence-electron chi connectivity index (χ0n) is 12.4. The maximum atomic E-state index is 12.5. The molecule has 0 bridgehead atoms. The number of carbonyl (C=O) groups is 1. The molecule has 0 spiro atoms. The molecule has 7 heteroatoms. The van der Waals surface area contributed by atoms with Gasteiger partial charge in [0.2, 0.25) is 0 Å². The van der Waals surface area contributed by atoms with Gasteiger partial charge in [-0.15, -0.1) is 0 Å². The molecule has 1 aromatic carbocycles. The van der Waals surface area contributed by atoms with E-state index in [0.29, 0.717) is 16.9 Å². The summed E-state index contributed by atoms with van der Waals surface area (Å²) in [5.74, 6) is 0.335. The molecule has 2 aromatic rings. The molecule has 1 aromatic heterocycles. The van der Waals surface area contributed by atoms with Crippen molar-refractivity contribution in [2.75, 3.05) is 5.32 Å². The number of aryl methyl sites for hydroxylation is 2. The second-order valence-corrected chi connectivity index (χ2v) is 5.41. The third-order valence-electron chi connectivity index (χ3n) is 4.05. The van der Waals surface area contributed by atoms with E-state index in [4.69, 9.17) is 0 Å². The number of fused-ring (bicyclic) bond motifs is 1. The molecule has 1 aliphatic rings. The van der Waals surface area contributed by atoms with Gasteiger partial charge in [-0.25, -0.2) is 0 Å². The minimum atomic E-state index is -0.478. The summed E-state index contributed by atoms with van der Waals surface area (Å²) in [6.07, 6.45) is 2.86. The van der Waals surface area contributed by atoms with Gasteiger partial charge in [0.05, 0.1) is 10.6 Å². The molecule has 0 unspecified atom stereocenters. The van der Waals surface area contributed by atoms with Crippen molar-refractivity contribution >= 4 is 17.4 Å². The van der Waals surface area contributed by atoms with Crippen LogP contribution >= 0.6 is 0 Å². The molecular formula is C15H16N4O3. The van der Waals surface area contributed by atoms with Crippen molar-refractivity contribution in [1.29, 1.82) is 0 Å². The summed E-state index contributed by atoms with van der Waals surface area (Å²) < 4.78 is 1.66. The number of anilines is 1. The number of hydrogen-bond donors (Lipinski definition) is 1. The first-order valence-electron chi connectivity index (χ1n) is 7.09. The Bertz CT molecular complexity index is 779. The molecular weight excluding hydrogens is 284 g/mol. The lowest BCUT2D eigenvalue weighted by Crippen LogP contribution is -2.17. The van der Waals surface area contributed by atoms with Crippen LogP contribution in [-0.4, -0.2) is 20.6 Å². The van der Waals surface area contributed by atoms with Crippen LogP contribution in [0.2, 0.25) is 0 Å². The van der Waals surface area contributed by atoms with Crippen LogP contribution in [0.5, 0.6) is 0 Å². The molecule has 0 atom stereocenters. The highest BCUT2D eigenvalue weighted by molar-refractivity contribution is 6.05. The topological polar surface area (TPSA) is 90.1 Å². The molecule has 0 aliphatic heterocycles. The summed E-state index contributed by atoms with van der Waals surface area (Å²) in [5.41, 5.74) is 2.71. The van der Waals surface area contributed by atoms with Crippen molar-refractivity contribution in [2.45, 2.75) is 26.2 Å². The number of aromatic nitrogens is 2. The molecule has 114 valence electrons. The van der Waals surface area contributed by atoms with Gasteiger partial charge in [0, 0.05) is 29.8 Å². The van der Waals surface area contributed by atoms with E-state index >= 15 is 0 Å². The first-order chi connectivity index (χ1) is 10.5. The number of benzene rings is 1. The average Bonchev–Trinajstić information content (AvgIpc) is 3.02. The van der Waals surface area contributed by atoms with Gasteiger partial charge in [0.25, 0.3) is 11.6 Å². The number of amides is 1. The summed E-state index contributed by atoms with van der Waals surface area (Å²) in [4.78, 5) is 23.0. The first-order valence-corrected chi connectivity index (χ1v) is 7.09. The largest absolute Gasteiger partial charge is 0.307 e. The first kappa shape index (κ1) is 14.2. The smallest absolute Gasteiger partial charge is 0.273 e. The highest BCUT2D eigenvalue weighted by atomic mass is 16.6. The van der Waals surface area contributed by atoms with Crippen LogP contribution in [0.15, 0.2) is 18.2 Å². The highest BCUT2D eigenvalue weighted by Gasteiger charge is 2.24. The molecule has 0 saturated heterocycles. The lowest BCUT2D eigenvalue weighted by atomic mass is 10.1. The number of nitro benzene ring substituents is 1. The Hall–Kier alpha value is -2.70. The lowest BCUT2D eigenvalue weighted by molar-refractivity contribution is -0.385. The zero-order valence-corrected chi connectivity index (χ0v) is 12.4. The minimum absolute atomic E-state index is 0.0529. The van der Waals surface area contributed by atoms with Crippen LogP contribution in [0.1, 0.15) is 33.6 Å². The molecule has 0 radical (unpaired) electrons. The van der Waals surface area contributed by atoms with Crippen LogP contribution in [0.25, 0.3) is 0 Å². The van der Waals surface area contributed by atoms with Gasteiger partial charge in [-0.1, -0.05) is 6.07 Å². The van der Waals surface area contributed by atoms with Gasteiger partial charge in [-0.2, -0.15) is 5.10 Å². The van der Waals surface area contributed by atoms with Gasteiger partial charge in [0.15, 0.2) is 0 Å². The maximum Gasteiger partial charge on any atom is 0.273 e. The number of nitrogens with zero attached hydrogens (tertiary/aromatic N) is 3. The van der Waals surface area contributed by atoms with Crippen molar-refractivity contribution in [2.24, 2.45) is 7.05 Å². The molecule has 22 heavy (non-hydrogen) atoms. The number of carbonyl (C=O) groups excluding carboxylic acids is 1. The van der Waals surface area contributed by atoms with E-state index in [1.165, 1.54) is 12.1 Å². The predicted molar refractivity (Wildman–Crippen MR) is 81.0 cm³/mol. The Morgan fingerprint density at radius 3 is 2.91 bits per heavy atom. The third kappa shape index (κ3) is 2.24. The van der Waals surface area contributed by atoms with Gasteiger partial charge >= 0.3 is 0 Å². The standard InChI is InChI=1S/C15H16N4O3/c1-9-10(5-4-8-13(9)19(21)22)15(20)16-14-11-6-3-7-12(11)17-18(14)2/h4-5,8H,3,6-7H2,1-2H3,(H,16,20). The lowest BCUT2D eigenvalue weighted by Gasteiger charge is -2.09. The minimum Gasteiger partial charge on any atom is -0.307 e. The second kappa shape index (κ2) is 5.25. The number of rotatable bonds is 3. The summed E-state index contributed by atoms with van der Waals surface area (Å²) in [6, 6.07) is 4.51. The molecule has 0 fully saturated rings. The van der Waals surface area contributed by atoms with E-state index in [2.05, 4.69) is 10.4 Å². The molecule has 1 amide bonds. The summed E-state index contributed by atoms with van der Waals surface area (Å²) in [6.45, 7) is 1.58. The van der Waals surface area contributed by atoms with Crippen LogP contribution < -0.4 is 5.32 Å². The molecule has 1 N–H and O–H groups in total. The van der Waals surface area contributed by atoms with E-state index < -0.39 is 4.92 Å². The molecule has 3 rings (SSSR count). The van der Waals surface area contributed by atoms with Crippen LogP contribution in [0, 0.1) is 17.0 Å². The summed E-state index contributed by atoms with van der Waals surface area (Å²) in [7, 11) is 1.79. The summed E-state index contributed by atoms with van der Waals surface area (Å²) >= 11 is 0. The fourth-order valence-corrected chi connectivity index (χ4v) is 2.92. The molecule has 7 nitrogen and oxygen atoms in total. The average molecular weight is 300 g/mol. The van der Waals surface area contributed by atoms with Crippen molar-refractivity contribution in [3.63, 3.8) is 0 Å². The van der Waals surface area contributed by atoms with Crippen molar-refractivity contribution in [3.8, 4) is 0 Å². The second-order valence-electron chi connectivity index (χ2n) is 5.41. The molecule has 0 saturated carbocycles. The number of nitro groups is 1. The van der Waals surface area contributed by atoms with E-state index in [1.54, 1.807) is 24.7 Å². The Kier molecular flexibility index (Phi) is 3.40. The number of hydrogen-bond acceptors (Lipinski definition) is 4. The quantitative estimate of drug-likeness (QED) is 0.696. The summed E-state index contributed by atoms with van der Waals surface area (Å²) in [5, 5.41) is 18.2. The van der Waals surface area contributed by atoms with Crippen molar-refractivity contribution in [3.05, 3.63) is 50.7 Å². The van der Waals surface area contributed by atoms with Crippen molar-refractivity contribution < 1.29 is 9.72 Å². The van der Waals surface area contributed by atoms with E-state index in [9.17, 15) is 14.9 Å².